The van der Waals surface area contributed by atoms with E-state index in [0.717, 1.165) is 6.20 Å². The summed E-state index contributed by atoms with van der Waals surface area (Å²) < 4.78 is 68.0. The number of ether oxygens (including phenoxy) is 1. The highest BCUT2D eigenvalue weighted by atomic mass is 19.4. The summed E-state index contributed by atoms with van der Waals surface area (Å²) in [6.45, 7) is -1.88. The molecule has 0 radical (unpaired) electrons. The minimum absolute atomic E-state index is 0.341. The molecule has 11 heteroatoms. The number of nitrogens with zero attached hydrogens (tertiary/aromatic N) is 5. The molecule has 0 aliphatic heterocycles. The zero-order valence-corrected chi connectivity index (χ0v) is 12.9. The van der Waals surface area contributed by atoms with E-state index >= 15 is 0 Å². The van der Waals surface area contributed by atoms with Crippen LogP contribution in [0, 0.1) is 0 Å². The molecule has 0 aliphatic rings. The van der Waals surface area contributed by atoms with Crippen molar-refractivity contribution in [2.24, 2.45) is 0 Å². The first-order chi connectivity index (χ1) is 12.3. The second kappa shape index (κ2) is 6.65. The van der Waals surface area contributed by atoms with Crippen LogP contribution in [0.4, 0.5) is 22.0 Å². The molecular weight excluding hydrogens is 361 g/mol. The zero-order valence-electron chi connectivity index (χ0n) is 12.9. The first-order valence-electron chi connectivity index (χ1n) is 7.12. The number of pyridine rings is 1. The Morgan fingerprint density at radius 3 is 2.42 bits per heavy atom. The van der Waals surface area contributed by atoms with Gasteiger partial charge >= 0.3 is 12.1 Å². The smallest absolute Gasteiger partial charge is 0.456 e. The highest BCUT2D eigenvalue weighted by Crippen LogP contribution is 2.35. The largest absolute Gasteiger partial charge is 0.470 e. The summed E-state index contributed by atoms with van der Waals surface area (Å²) in [6, 6.07) is 3.35. The van der Waals surface area contributed by atoms with Gasteiger partial charge in [0, 0.05) is 24.2 Å². The maximum Gasteiger partial charge on any atom is 0.456 e. The molecule has 6 nitrogen and oxygen atoms in total. The molecule has 0 saturated carbocycles. The maximum absolute atomic E-state index is 12.9. The van der Waals surface area contributed by atoms with Crippen LogP contribution in [0.1, 0.15) is 0 Å². The first-order valence-corrected chi connectivity index (χ1v) is 7.12. The fourth-order valence-corrected chi connectivity index (χ4v) is 1.97. The summed E-state index contributed by atoms with van der Waals surface area (Å²) in [5, 5.41) is 4.08. The van der Waals surface area contributed by atoms with Crippen molar-refractivity contribution in [1.29, 1.82) is 0 Å². The Kier molecular flexibility index (Phi) is 4.53. The molecule has 0 aromatic carbocycles. The molecule has 0 atom stereocenters. The van der Waals surface area contributed by atoms with Gasteiger partial charge in [-0.1, -0.05) is 0 Å². The van der Waals surface area contributed by atoms with Gasteiger partial charge in [-0.25, -0.2) is 14.6 Å². The lowest BCUT2D eigenvalue weighted by atomic mass is 10.1. The predicted octanol–water partition coefficient (Wildman–Crippen LogP) is 3.30. The van der Waals surface area contributed by atoms with E-state index in [2.05, 4.69) is 24.8 Å². The van der Waals surface area contributed by atoms with Crippen molar-refractivity contribution in [2.75, 3.05) is 6.61 Å². The number of halogens is 5. The van der Waals surface area contributed by atoms with Gasteiger partial charge in [0.25, 0.3) is 0 Å². The molecule has 3 rings (SSSR count). The van der Waals surface area contributed by atoms with Crippen LogP contribution in [-0.4, -0.2) is 43.4 Å². The SMILES string of the molecule is FC(F)(F)C(F)(F)COc1cnc(-c2ccncc2-n2cccn2)cn1. The van der Waals surface area contributed by atoms with Crippen LogP contribution in [0.3, 0.4) is 0 Å². The van der Waals surface area contributed by atoms with E-state index in [1.54, 1.807) is 24.5 Å². The van der Waals surface area contributed by atoms with Crippen molar-refractivity contribution in [1.82, 2.24) is 24.7 Å². The third kappa shape index (κ3) is 3.60. The molecule has 0 N–H and O–H groups in total. The van der Waals surface area contributed by atoms with E-state index in [-0.39, 0.29) is 0 Å². The van der Waals surface area contributed by atoms with Crippen molar-refractivity contribution in [2.45, 2.75) is 12.1 Å². The predicted molar refractivity (Wildman–Crippen MR) is 78.9 cm³/mol. The molecule has 0 spiro atoms. The lowest BCUT2D eigenvalue weighted by molar-refractivity contribution is -0.290. The molecule has 3 aromatic heterocycles. The summed E-state index contributed by atoms with van der Waals surface area (Å²) >= 11 is 0. The summed E-state index contributed by atoms with van der Waals surface area (Å²) in [7, 11) is 0. The molecule has 0 fully saturated rings. The Labute approximate surface area is 143 Å². The average molecular weight is 371 g/mol. The maximum atomic E-state index is 12.9. The summed E-state index contributed by atoms with van der Waals surface area (Å²) in [5.74, 6) is -5.43. The van der Waals surface area contributed by atoms with Crippen molar-refractivity contribution >= 4 is 0 Å². The van der Waals surface area contributed by atoms with Gasteiger partial charge in [-0.05, 0) is 12.1 Å². The van der Waals surface area contributed by atoms with Gasteiger partial charge in [0.15, 0.2) is 6.61 Å². The normalized spacial score (nSPS) is 12.2. The summed E-state index contributed by atoms with van der Waals surface area (Å²) in [4.78, 5) is 11.7. The van der Waals surface area contributed by atoms with E-state index in [0.29, 0.717) is 16.9 Å². The molecule has 3 aromatic rings. The van der Waals surface area contributed by atoms with Gasteiger partial charge in [-0.15, -0.1) is 0 Å². The van der Waals surface area contributed by atoms with Gasteiger partial charge in [-0.2, -0.15) is 27.1 Å². The van der Waals surface area contributed by atoms with Crippen molar-refractivity contribution in [3.8, 4) is 22.8 Å². The fourth-order valence-electron chi connectivity index (χ4n) is 1.97. The van der Waals surface area contributed by atoms with Crippen LogP contribution in [0.2, 0.25) is 0 Å². The monoisotopic (exact) mass is 371 g/mol. The zero-order chi connectivity index (χ0) is 18.8. The number of hydrogen-bond donors (Lipinski definition) is 0. The second-order valence-electron chi connectivity index (χ2n) is 5.07. The third-order valence-electron chi connectivity index (χ3n) is 3.27. The third-order valence-corrected chi connectivity index (χ3v) is 3.27. The lowest BCUT2D eigenvalue weighted by Crippen LogP contribution is -2.41. The fraction of sp³-hybridized carbons (Fsp3) is 0.200. The van der Waals surface area contributed by atoms with E-state index in [4.69, 9.17) is 0 Å². The van der Waals surface area contributed by atoms with Crippen LogP contribution in [-0.2, 0) is 0 Å². The average Bonchev–Trinajstić information content (AvgIpc) is 3.14. The molecule has 0 aliphatic carbocycles. The van der Waals surface area contributed by atoms with E-state index < -0.39 is 24.6 Å². The van der Waals surface area contributed by atoms with Crippen molar-refractivity contribution in [3.05, 3.63) is 49.3 Å². The summed E-state index contributed by atoms with van der Waals surface area (Å²) in [6.07, 6.45) is 2.77. The van der Waals surface area contributed by atoms with Crippen LogP contribution in [0.25, 0.3) is 16.9 Å². The minimum atomic E-state index is -5.70. The Morgan fingerprint density at radius 1 is 1.00 bits per heavy atom. The Hall–Kier alpha value is -3.11. The number of rotatable bonds is 5. The molecule has 0 unspecified atom stereocenters. The Bertz CT molecular complexity index is 865. The molecule has 136 valence electrons. The van der Waals surface area contributed by atoms with E-state index in [1.165, 1.54) is 23.3 Å². The van der Waals surface area contributed by atoms with Crippen molar-refractivity contribution < 1.29 is 26.7 Å². The molecule has 3 heterocycles. The first kappa shape index (κ1) is 17.7. The highest BCUT2D eigenvalue weighted by Gasteiger charge is 2.58. The molecule has 0 saturated heterocycles. The number of aromatic nitrogens is 5. The quantitative estimate of drug-likeness (QED) is 0.644. The van der Waals surface area contributed by atoms with Crippen LogP contribution in [0.15, 0.2) is 49.3 Å². The van der Waals surface area contributed by atoms with Gasteiger partial charge in [0.1, 0.15) is 0 Å². The van der Waals surface area contributed by atoms with E-state index in [1.807, 2.05) is 0 Å². The van der Waals surface area contributed by atoms with Crippen LogP contribution < -0.4 is 4.74 Å². The second-order valence-corrected chi connectivity index (χ2v) is 5.07. The van der Waals surface area contributed by atoms with Gasteiger partial charge < -0.3 is 4.74 Å². The molecule has 0 amide bonds. The molecule has 0 bridgehead atoms. The van der Waals surface area contributed by atoms with Gasteiger partial charge in [-0.3, -0.25) is 4.98 Å². The van der Waals surface area contributed by atoms with Crippen LogP contribution >= 0.6 is 0 Å². The Morgan fingerprint density at radius 2 is 1.81 bits per heavy atom. The highest BCUT2D eigenvalue weighted by molar-refractivity contribution is 5.68. The van der Waals surface area contributed by atoms with Gasteiger partial charge in [0.05, 0.1) is 30.0 Å². The van der Waals surface area contributed by atoms with E-state index in [9.17, 15) is 22.0 Å². The topological polar surface area (TPSA) is 65.7 Å². The molecule has 26 heavy (non-hydrogen) atoms. The van der Waals surface area contributed by atoms with Gasteiger partial charge in [0.2, 0.25) is 5.88 Å². The standard InChI is InChI=1S/C15H10F5N5O/c16-14(17,15(18,19)20)9-26-13-8-22-11(6-23-13)10-2-4-21-7-12(10)25-5-1-3-24-25/h1-8H,9H2. The molecular formula is C15H10F5N5O. The summed E-state index contributed by atoms with van der Waals surface area (Å²) in [5.41, 5.74) is 1.51. The van der Waals surface area contributed by atoms with Crippen LogP contribution in [0.5, 0.6) is 5.88 Å². The number of alkyl halides is 5. The minimum Gasteiger partial charge on any atom is -0.470 e. The number of hydrogen-bond acceptors (Lipinski definition) is 5. The lowest BCUT2D eigenvalue weighted by Gasteiger charge is -2.19. The Balaban J connectivity index is 1.79. The van der Waals surface area contributed by atoms with Crippen molar-refractivity contribution in [3.63, 3.8) is 0 Å².